The minimum absolute atomic E-state index is 0.256. The summed E-state index contributed by atoms with van der Waals surface area (Å²) in [5, 5.41) is 12.8. The Balaban J connectivity index is 2.04. The molecule has 4 nitrogen and oxygen atoms in total. The summed E-state index contributed by atoms with van der Waals surface area (Å²) in [7, 11) is 0. The van der Waals surface area contributed by atoms with Crippen LogP contribution >= 0.6 is 23.2 Å². The predicted molar refractivity (Wildman–Crippen MR) is 75.0 cm³/mol. The van der Waals surface area contributed by atoms with Crippen LogP contribution in [0.15, 0.2) is 36.5 Å². The van der Waals surface area contributed by atoms with Gasteiger partial charge in [0.15, 0.2) is 0 Å². The zero-order valence-electron chi connectivity index (χ0n) is 9.73. The number of rotatable bonds is 4. The Bertz CT molecular complexity index is 600. The molecule has 6 heteroatoms. The summed E-state index contributed by atoms with van der Waals surface area (Å²) >= 11 is 11.7. The van der Waals surface area contributed by atoms with Gasteiger partial charge in [0.2, 0.25) is 0 Å². The Morgan fingerprint density at radius 2 is 1.95 bits per heavy atom. The average molecular weight is 297 g/mol. The number of carbonyl (C=O) groups is 1. The molecule has 0 bridgehead atoms. The van der Waals surface area contributed by atoms with Crippen LogP contribution < -0.4 is 5.32 Å². The van der Waals surface area contributed by atoms with Crippen LogP contribution in [0.25, 0.3) is 0 Å². The molecule has 2 rings (SSSR count). The third kappa shape index (κ3) is 3.59. The van der Waals surface area contributed by atoms with E-state index in [0.717, 1.165) is 5.56 Å². The van der Waals surface area contributed by atoms with Crippen LogP contribution in [-0.2, 0) is 6.54 Å². The molecule has 1 heterocycles. The summed E-state index contributed by atoms with van der Waals surface area (Å²) in [4.78, 5) is 14.8. The van der Waals surface area contributed by atoms with Crippen LogP contribution in [0.4, 0.5) is 5.82 Å². The molecule has 1 aromatic carbocycles. The fourth-order valence-corrected chi connectivity index (χ4v) is 1.94. The Hall–Kier alpha value is -1.78. The molecule has 0 unspecified atom stereocenters. The molecule has 98 valence electrons. The zero-order chi connectivity index (χ0) is 13.8. The second-order valence-electron chi connectivity index (χ2n) is 3.84. The minimum Gasteiger partial charge on any atom is -0.478 e. The maximum atomic E-state index is 10.7. The summed E-state index contributed by atoms with van der Waals surface area (Å²) in [6.45, 7) is 0.494. The Kier molecular flexibility index (Phi) is 4.24. The van der Waals surface area contributed by atoms with Crippen molar-refractivity contribution in [3.63, 3.8) is 0 Å². The first-order valence-corrected chi connectivity index (χ1v) is 6.19. The third-order valence-corrected chi connectivity index (χ3v) is 2.96. The van der Waals surface area contributed by atoms with Crippen molar-refractivity contribution >= 4 is 35.0 Å². The third-order valence-electron chi connectivity index (χ3n) is 2.47. The van der Waals surface area contributed by atoms with Crippen LogP contribution in [0, 0.1) is 0 Å². The van der Waals surface area contributed by atoms with E-state index in [-0.39, 0.29) is 5.56 Å². The van der Waals surface area contributed by atoms with Gasteiger partial charge >= 0.3 is 5.97 Å². The second kappa shape index (κ2) is 5.91. The summed E-state index contributed by atoms with van der Waals surface area (Å²) in [6.07, 6.45) is 1.50. The fourth-order valence-electron chi connectivity index (χ4n) is 1.50. The molecule has 0 saturated heterocycles. The van der Waals surface area contributed by atoms with Gasteiger partial charge in [0, 0.05) is 12.7 Å². The van der Waals surface area contributed by atoms with E-state index in [1.165, 1.54) is 6.20 Å². The normalized spacial score (nSPS) is 10.2. The van der Waals surface area contributed by atoms with Crippen molar-refractivity contribution in [3.8, 4) is 0 Å². The molecule has 0 spiro atoms. The standard InChI is InChI=1S/C13H10Cl2N2O2/c14-10-5-11(15)12(17-7-10)16-6-8-1-3-9(4-2-8)13(18)19/h1-5,7H,6H2,(H,16,17)(H,18,19). The van der Waals surface area contributed by atoms with Gasteiger partial charge in [0.05, 0.1) is 15.6 Å². The number of nitrogens with zero attached hydrogens (tertiary/aromatic N) is 1. The summed E-state index contributed by atoms with van der Waals surface area (Å²) in [5.41, 5.74) is 1.18. The quantitative estimate of drug-likeness (QED) is 0.903. The van der Waals surface area contributed by atoms with E-state index in [1.54, 1.807) is 30.3 Å². The van der Waals surface area contributed by atoms with Crippen molar-refractivity contribution in [2.24, 2.45) is 0 Å². The van der Waals surface area contributed by atoms with E-state index >= 15 is 0 Å². The molecule has 1 aromatic heterocycles. The van der Waals surface area contributed by atoms with Crippen LogP contribution in [0.5, 0.6) is 0 Å². The molecule has 0 aliphatic rings. The highest BCUT2D eigenvalue weighted by atomic mass is 35.5. The molecular formula is C13H10Cl2N2O2. The Labute approximate surface area is 120 Å². The molecule has 0 fully saturated rings. The van der Waals surface area contributed by atoms with E-state index in [4.69, 9.17) is 28.3 Å². The first-order chi connectivity index (χ1) is 9.06. The van der Waals surface area contributed by atoms with Crippen LogP contribution in [-0.4, -0.2) is 16.1 Å². The number of pyridine rings is 1. The lowest BCUT2D eigenvalue weighted by atomic mass is 10.1. The number of hydrogen-bond donors (Lipinski definition) is 2. The molecular weight excluding hydrogens is 287 g/mol. The highest BCUT2D eigenvalue weighted by molar-refractivity contribution is 6.35. The van der Waals surface area contributed by atoms with Gasteiger partial charge in [0.1, 0.15) is 5.82 Å². The van der Waals surface area contributed by atoms with Crippen molar-refractivity contribution in [3.05, 3.63) is 57.7 Å². The lowest BCUT2D eigenvalue weighted by Crippen LogP contribution is -2.03. The number of halogens is 2. The molecule has 2 aromatic rings. The number of carboxylic acids is 1. The number of hydrogen-bond acceptors (Lipinski definition) is 3. The minimum atomic E-state index is -0.943. The lowest BCUT2D eigenvalue weighted by molar-refractivity contribution is 0.0697. The van der Waals surface area contributed by atoms with E-state index in [2.05, 4.69) is 10.3 Å². The van der Waals surface area contributed by atoms with Gasteiger partial charge < -0.3 is 10.4 Å². The molecule has 19 heavy (non-hydrogen) atoms. The van der Waals surface area contributed by atoms with Crippen molar-refractivity contribution < 1.29 is 9.90 Å². The van der Waals surface area contributed by atoms with Crippen molar-refractivity contribution in [2.45, 2.75) is 6.54 Å². The van der Waals surface area contributed by atoms with E-state index in [0.29, 0.717) is 22.4 Å². The summed E-state index contributed by atoms with van der Waals surface area (Å²) in [6, 6.07) is 8.18. The molecule has 2 N–H and O–H groups in total. The number of aromatic nitrogens is 1. The zero-order valence-corrected chi connectivity index (χ0v) is 11.2. The summed E-state index contributed by atoms with van der Waals surface area (Å²) < 4.78 is 0. The van der Waals surface area contributed by atoms with E-state index in [1.807, 2.05) is 0 Å². The maximum Gasteiger partial charge on any atom is 0.335 e. The fraction of sp³-hybridized carbons (Fsp3) is 0.0769. The van der Waals surface area contributed by atoms with Gasteiger partial charge in [0.25, 0.3) is 0 Å². The smallest absolute Gasteiger partial charge is 0.335 e. The van der Waals surface area contributed by atoms with E-state index in [9.17, 15) is 4.79 Å². The molecule has 0 amide bonds. The number of aromatic carboxylic acids is 1. The van der Waals surface area contributed by atoms with Crippen LogP contribution in [0.3, 0.4) is 0 Å². The summed E-state index contributed by atoms with van der Waals surface area (Å²) in [5.74, 6) is -0.407. The Morgan fingerprint density at radius 1 is 1.26 bits per heavy atom. The average Bonchev–Trinajstić information content (AvgIpc) is 2.38. The second-order valence-corrected chi connectivity index (χ2v) is 4.68. The predicted octanol–water partition coefficient (Wildman–Crippen LogP) is 3.70. The number of anilines is 1. The van der Waals surface area contributed by atoms with Crippen molar-refractivity contribution in [2.75, 3.05) is 5.32 Å². The highest BCUT2D eigenvalue weighted by Crippen LogP contribution is 2.22. The van der Waals surface area contributed by atoms with Crippen LogP contribution in [0.1, 0.15) is 15.9 Å². The molecule has 0 radical (unpaired) electrons. The number of benzene rings is 1. The van der Waals surface area contributed by atoms with Gasteiger partial charge in [-0.05, 0) is 23.8 Å². The largest absolute Gasteiger partial charge is 0.478 e. The van der Waals surface area contributed by atoms with Crippen molar-refractivity contribution in [1.82, 2.24) is 4.98 Å². The molecule has 0 atom stereocenters. The van der Waals surface area contributed by atoms with Gasteiger partial charge in [-0.2, -0.15) is 0 Å². The molecule has 0 aliphatic heterocycles. The topological polar surface area (TPSA) is 62.2 Å². The molecule has 0 saturated carbocycles. The highest BCUT2D eigenvalue weighted by Gasteiger charge is 2.04. The first kappa shape index (κ1) is 13.6. The van der Waals surface area contributed by atoms with Gasteiger partial charge in [-0.1, -0.05) is 35.3 Å². The van der Waals surface area contributed by atoms with E-state index < -0.39 is 5.97 Å². The van der Waals surface area contributed by atoms with Gasteiger partial charge in [-0.3, -0.25) is 0 Å². The Morgan fingerprint density at radius 3 is 2.53 bits per heavy atom. The number of nitrogens with one attached hydrogen (secondary N) is 1. The van der Waals surface area contributed by atoms with Crippen LogP contribution in [0.2, 0.25) is 10.0 Å². The monoisotopic (exact) mass is 296 g/mol. The molecule has 0 aliphatic carbocycles. The van der Waals surface area contributed by atoms with Crippen molar-refractivity contribution in [1.29, 1.82) is 0 Å². The van der Waals surface area contributed by atoms with Gasteiger partial charge in [-0.25, -0.2) is 9.78 Å². The number of carboxylic acid groups (broad SMARTS) is 1. The van der Waals surface area contributed by atoms with Gasteiger partial charge in [-0.15, -0.1) is 0 Å². The SMILES string of the molecule is O=C(O)c1ccc(CNc2ncc(Cl)cc2Cl)cc1. The first-order valence-electron chi connectivity index (χ1n) is 5.43. The maximum absolute atomic E-state index is 10.7. The lowest BCUT2D eigenvalue weighted by Gasteiger charge is -2.07.